The molecule has 0 aliphatic heterocycles. The van der Waals surface area contributed by atoms with E-state index in [4.69, 9.17) is 0 Å². The molecule has 0 spiro atoms. The maximum atomic E-state index is 10.3. The first-order valence-electron chi connectivity index (χ1n) is 9.66. The maximum Gasteiger partial charge on any atom is 0.191 e. The highest BCUT2D eigenvalue weighted by atomic mass is 16.3. The highest BCUT2D eigenvalue weighted by molar-refractivity contribution is 5.79. The summed E-state index contributed by atoms with van der Waals surface area (Å²) in [5, 5.41) is 21.2. The Labute approximate surface area is 150 Å². The van der Waals surface area contributed by atoms with Crippen LogP contribution in [0.3, 0.4) is 0 Å². The number of nitrogens with zero attached hydrogens (tertiary/aromatic N) is 3. The van der Waals surface area contributed by atoms with Gasteiger partial charge in [0.1, 0.15) is 0 Å². The molecule has 5 rings (SSSR count). The number of aliphatic hydroxyl groups is 1. The Morgan fingerprint density at radius 3 is 2.44 bits per heavy atom. The molecule has 1 aromatic rings. The molecule has 4 saturated carbocycles. The Morgan fingerprint density at radius 2 is 1.92 bits per heavy atom. The zero-order valence-corrected chi connectivity index (χ0v) is 15.4. The molecule has 4 aliphatic rings. The van der Waals surface area contributed by atoms with Gasteiger partial charge in [0.2, 0.25) is 0 Å². The third-order valence-electron chi connectivity index (χ3n) is 6.59. The van der Waals surface area contributed by atoms with Crippen LogP contribution >= 0.6 is 0 Å². The summed E-state index contributed by atoms with van der Waals surface area (Å²) in [4.78, 5) is 4.34. The van der Waals surface area contributed by atoms with E-state index in [1.807, 2.05) is 13.2 Å². The third kappa shape index (κ3) is 3.54. The quantitative estimate of drug-likeness (QED) is 0.562. The van der Waals surface area contributed by atoms with Gasteiger partial charge < -0.3 is 15.7 Å². The largest absolute Gasteiger partial charge is 0.386 e. The molecule has 0 aromatic carbocycles. The fourth-order valence-electron chi connectivity index (χ4n) is 5.92. The predicted octanol–water partition coefficient (Wildman–Crippen LogP) is 1.83. The van der Waals surface area contributed by atoms with Crippen molar-refractivity contribution in [1.82, 2.24) is 20.4 Å². The van der Waals surface area contributed by atoms with Gasteiger partial charge in [0.05, 0.1) is 12.3 Å². The Kier molecular flexibility index (Phi) is 4.48. The Bertz CT molecular complexity index is 602. The average molecular weight is 345 g/mol. The summed E-state index contributed by atoms with van der Waals surface area (Å²) in [5.74, 6) is 3.69. The Hall–Kier alpha value is -1.56. The number of guanidine groups is 1. The minimum Gasteiger partial charge on any atom is -0.386 e. The molecule has 25 heavy (non-hydrogen) atoms. The lowest BCUT2D eigenvalue weighted by Gasteiger charge is -2.57. The number of aliphatic imine (C=N–C) groups is 1. The van der Waals surface area contributed by atoms with Crippen LogP contribution in [-0.2, 0) is 7.05 Å². The van der Waals surface area contributed by atoms with Gasteiger partial charge in [-0.25, -0.2) is 0 Å². The molecule has 4 aliphatic carbocycles. The lowest BCUT2D eigenvalue weighted by Crippen LogP contribution is -2.52. The number of hydrogen-bond acceptors (Lipinski definition) is 3. The molecule has 3 N–H and O–H groups in total. The van der Waals surface area contributed by atoms with Crippen molar-refractivity contribution in [2.24, 2.45) is 35.2 Å². The van der Waals surface area contributed by atoms with Crippen LogP contribution in [0.25, 0.3) is 0 Å². The van der Waals surface area contributed by atoms with Crippen LogP contribution in [0.4, 0.5) is 0 Å². The molecule has 1 unspecified atom stereocenters. The van der Waals surface area contributed by atoms with E-state index < -0.39 is 6.10 Å². The van der Waals surface area contributed by atoms with Crippen LogP contribution in [0.15, 0.2) is 17.4 Å². The number of aryl methyl sites for hydroxylation is 1. The van der Waals surface area contributed by atoms with E-state index >= 15 is 0 Å². The number of aliphatic hydroxyl groups excluding tert-OH is 1. The van der Waals surface area contributed by atoms with Crippen molar-refractivity contribution in [1.29, 1.82) is 0 Å². The predicted molar refractivity (Wildman–Crippen MR) is 98.1 cm³/mol. The topological polar surface area (TPSA) is 74.5 Å². The fourth-order valence-corrected chi connectivity index (χ4v) is 5.92. The minimum absolute atomic E-state index is 0.437. The van der Waals surface area contributed by atoms with Gasteiger partial charge in [0, 0.05) is 38.9 Å². The summed E-state index contributed by atoms with van der Waals surface area (Å²) in [6.07, 6.45) is 11.6. The van der Waals surface area contributed by atoms with Gasteiger partial charge in [-0.3, -0.25) is 9.67 Å². The van der Waals surface area contributed by atoms with Crippen molar-refractivity contribution in [2.75, 3.05) is 20.1 Å². The van der Waals surface area contributed by atoms with Crippen molar-refractivity contribution in [3.05, 3.63) is 18.0 Å². The van der Waals surface area contributed by atoms with Crippen molar-refractivity contribution in [3.63, 3.8) is 0 Å². The van der Waals surface area contributed by atoms with Gasteiger partial charge in [-0.1, -0.05) is 0 Å². The van der Waals surface area contributed by atoms with Gasteiger partial charge in [-0.05, 0) is 61.7 Å². The average Bonchev–Trinajstić information content (AvgIpc) is 3.00. The third-order valence-corrected chi connectivity index (χ3v) is 6.59. The molecule has 6 nitrogen and oxygen atoms in total. The second kappa shape index (κ2) is 6.63. The monoisotopic (exact) mass is 345 g/mol. The van der Waals surface area contributed by atoms with Crippen molar-refractivity contribution >= 4 is 5.96 Å². The van der Waals surface area contributed by atoms with Crippen molar-refractivity contribution in [2.45, 2.75) is 44.6 Å². The molecule has 6 heteroatoms. The number of hydrogen-bond donors (Lipinski definition) is 3. The van der Waals surface area contributed by atoms with Gasteiger partial charge in [0.25, 0.3) is 0 Å². The van der Waals surface area contributed by atoms with Gasteiger partial charge in [-0.2, -0.15) is 5.10 Å². The SMILES string of the molecule is CN=C(NCC(O)c1cnn(C)c1)NCC12CC3CC(CC(C3)C1)C2. The zero-order chi connectivity index (χ0) is 17.4. The van der Waals surface area contributed by atoms with E-state index in [-0.39, 0.29) is 0 Å². The summed E-state index contributed by atoms with van der Waals surface area (Å²) in [6.45, 7) is 1.45. The molecule has 0 amide bonds. The van der Waals surface area contributed by atoms with E-state index in [0.29, 0.717) is 12.0 Å². The normalized spacial score (nSPS) is 35.0. The standard InChI is InChI=1S/C19H31N5O/c1-20-18(21-10-17(25)16-9-23-24(2)11-16)22-12-19-6-13-3-14(7-19)5-15(4-13)8-19/h9,11,13-15,17,25H,3-8,10,12H2,1-2H3,(H2,20,21,22). The molecular weight excluding hydrogens is 314 g/mol. The molecule has 1 heterocycles. The highest BCUT2D eigenvalue weighted by Gasteiger charge is 2.50. The lowest BCUT2D eigenvalue weighted by molar-refractivity contribution is -0.0492. The first-order valence-corrected chi connectivity index (χ1v) is 9.66. The van der Waals surface area contributed by atoms with Crippen molar-refractivity contribution in [3.8, 4) is 0 Å². The van der Waals surface area contributed by atoms with Crippen LogP contribution in [0, 0.1) is 23.2 Å². The Balaban J connectivity index is 1.29. The van der Waals surface area contributed by atoms with E-state index in [0.717, 1.165) is 35.8 Å². The summed E-state index contributed by atoms with van der Waals surface area (Å²) in [7, 11) is 3.65. The van der Waals surface area contributed by atoms with E-state index in [1.165, 1.54) is 38.5 Å². The zero-order valence-electron chi connectivity index (χ0n) is 15.4. The molecule has 138 valence electrons. The second-order valence-electron chi connectivity index (χ2n) is 8.69. The molecule has 1 atom stereocenters. The van der Waals surface area contributed by atoms with E-state index in [1.54, 1.807) is 17.9 Å². The lowest BCUT2D eigenvalue weighted by atomic mass is 9.49. The molecule has 4 bridgehead atoms. The molecule has 4 fully saturated rings. The molecular formula is C19H31N5O. The van der Waals surface area contributed by atoms with E-state index in [2.05, 4.69) is 20.7 Å². The van der Waals surface area contributed by atoms with Crippen molar-refractivity contribution < 1.29 is 5.11 Å². The number of aromatic nitrogens is 2. The van der Waals surface area contributed by atoms with E-state index in [9.17, 15) is 5.11 Å². The van der Waals surface area contributed by atoms with Crippen LogP contribution in [0.1, 0.15) is 50.2 Å². The smallest absolute Gasteiger partial charge is 0.191 e. The molecule has 0 saturated heterocycles. The second-order valence-corrected chi connectivity index (χ2v) is 8.69. The summed E-state index contributed by atoms with van der Waals surface area (Å²) in [5.41, 5.74) is 1.31. The summed E-state index contributed by atoms with van der Waals surface area (Å²) < 4.78 is 1.71. The Morgan fingerprint density at radius 1 is 1.28 bits per heavy atom. The summed E-state index contributed by atoms with van der Waals surface area (Å²) in [6, 6.07) is 0. The first-order chi connectivity index (χ1) is 12.0. The first kappa shape index (κ1) is 16.9. The molecule has 1 aromatic heterocycles. The van der Waals surface area contributed by atoms with Crippen LogP contribution in [0.2, 0.25) is 0 Å². The van der Waals surface area contributed by atoms with Gasteiger partial charge >= 0.3 is 0 Å². The number of rotatable bonds is 5. The molecule has 0 radical (unpaired) electrons. The van der Waals surface area contributed by atoms with Crippen LogP contribution < -0.4 is 10.6 Å². The van der Waals surface area contributed by atoms with Crippen LogP contribution in [-0.4, -0.2) is 41.0 Å². The maximum absolute atomic E-state index is 10.3. The number of nitrogens with one attached hydrogen (secondary N) is 2. The van der Waals surface area contributed by atoms with Crippen LogP contribution in [0.5, 0.6) is 0 Å². The summed E-state index contributed by atoms with van der Waals surface area (Å²) >= 11 is 0. The van der Waals surface area contributed by atoms with Gasteiger partial charge in [0.15, 0.2) is 5.96 Å². The minimum atomic E-state index is -0.577. The van der Waals surface area contributed by atoms with Gasteiger partial charge in [-0.15, -0.1) is 0 Å². The highest BCUT2D eigenvalue weighted by Crippen LogP contribution is 2.59. The fraction of sp³-hybridized carbons (Fsp3) is 0.789.